The predicted molar refractivity (Wildman–Crippen MR) is 64.4 cm³/mol. The Morgan fingerprint density at radius 2 is 1.89 bits per heavy atom. The lowest BCUT2D eigenvalue weighted by atomic mass is 10.2. The third-order valence-electron chi connectivity index (χ3n) is 1.98. The van der Waals surface area contributed by atoms with Crippen molar-refractivity contribution in [2.45, 2.75) is 20.0 Å². The molecule has 0 saturated heterocycles. The van der Waals surface area contributed by atoms with Crippen LogP contribution in [0.3, 0.4) is 0 Å². The Labute approximate surface area is 106 Å². The van der Waals surface area contributed by atoms with Crippen LogP contribution in [0.5, 0.6) is 0 Å². The zero-order chi connectivity index (χ0) is 14.1. The normalized spacial score (nSPS) is 13.1. The zero-order valence-electron chi connectivity index (χ0n) is 10.5. The summed E-state index contributed by atoms with van der Waals surface area (Å²) < 4.78 is 10.2. The molecule has 0 aliphatic rings. The molecule has 0 saturated carbocycles. The second-order valence-electron chi connectivity index (χ2n) is 3.56. The van der Waals surface area contributed by atoms with Crippen LogP contribution in [0, 0.1) is 0 Å². The van der Waals surface area contributed by atoms with Gasteiger partial charge in [0.15, 0.2) is 0 Å². The van der Waals surface area contributed by atoms with Crippen LogP contribution in [0.2, 0.25) is 0 Å². The molecule has 0 heterocycles. The van der Waals surface area contributed by atoms with Crippen molar-refractivity contribution in [3.8, 4) is 0 Å². The van der Waals surface area contributed by atoms with Gasteiger partial charge in [0.2, 0.25) is 0 Å². The van der Waals surface area contributed by atoms with Gasteiger partial charge in [-0.05, 0) is 19.9 Å². The minimum Gasteiger partial charge on any atom is -0.478 e. The summed E-state index contributed by atoms with van der Waals surface area (Å²) in [4.78, 5) is 21.3. The first-order valence-electron chi connectivity index (χ1n) is 5.42. The van der Waals surface area contributed by atoms with Crippen molar-refractivity contribution >= 4 is 11.9 Å². The molecular weight excluding hydrogens is 240 g/mol. The average molecular weight is 258 g/mol. The second-order valence-corrected chi connectivity index (χ2v) is 3.56. The Bertz CT molecular complexity index is 344. The van der Waals surface area contributed by atoms with Crippen LogP contribution in [0.4, 0.5) is 0 Å². The molecule has 0 aromatic rings. The maximum atomic E-state index is 10.9. The average Bonchev–Trinajstić information content (AvgIpc) is 2.27. The van der Waals surface area contributed by atoms with E-state index in [1.54, 1.807) is 13.8 Å². The van der Waals surface area contributed by atoms with Crippen molar-refractivity contribution < 1.29 is 29.3 Å². The highest BCUT2D eigenvalue weighted by molar-refractivity contribution is 5.87. The summed E-state index contributed by atoms with van der Waals surface area (Å²) in [5.74, 6) is -2.29. The van der Waals surface area contributed by atoms with Gasteiger partial charge in [-0.3, -0.25) is 0 Å². The van der Waals surface area contributed by atoms with Crippen LogP contribution >= 0.6 is 0 Å². The molecule has 0 bridgehead atoms. The highest BCUT2D eigenvalue weighted by Gasteiger charge is 2.11. The van der Waals surface area contributed by atoms with Crippen LogP contribution in [-0.4, -0.2) is 48.1 Å². The Hall–Kier alpha value is -1.66. The van der Waals surface area contributed by atoms with Crippen LogP contribution in [-0.2, 0) is 19.1 Å². The quantitative estimate of drug-likeness (QED) is 0.601. The van der Waals surface area contributed by atoms with Crippen LogP contribution in [0.1, 0.15) is 13.8 Å². The topological polar surface area (TPSA) is 93.1 Å². The SMILES string of the molecule is C=C(COC/C(=C/C(C)OCC)C(=O)O)C(=O)O. The molecule has 0 aromatic heterocycles. The summed E-state index contributed by atoms with van der Waals surface area (Å²) in [6.07, 6.45) is 1.09. The predicted octanol–water partition coefficient (Wildman–Crippen LogP) is 1.08. The maximum absolute atomic E-state index is 10.9. The van der Waals surface area contributed by atoms with Crippen molar-refractivity contribution in [3.63, 3.8) is 0 Å². The third-order valence-corrected chi connectivity index (χ3v) is 1.98. The summed E-state index contributed by atoms with van der Waals surface area (Å²) in [5.41, 5.74) is -0.105. The number of carboxylic acids is 2. The summed E-state index contributed by atoms with van der Waals surface area (Å²) in [5, 5.41) is 17.5. The fraction of sp³-hybridized carbons (Fsp3) is 0.500. The molecule has 0 aliphatic carbocycles. The number of ether oxygens (including phenoxy) is 2. The number of carboxylic acid groups (broad SMARTS) is 2. The molecule has 0 aromatic carbocycles. The van der Waals surface area contributed by atoms with Crippen molar-refractivity contribution in [2.75, 3.05) is 19.8 Å². The van der Waals surface area contributed by atoms with Gasteiger partial charge in [-0.25, -0.2) is 9.59 Å². The summed E-state index contributed by atoms with van der Waals surface area (Å²) in [6, 6.07) is 0. The Balaban J connectivity index is 4.34. The summed E-state index contributed by atoms with van der Waals surface area (Å²) in [7, 11) is 0. The van der Waals surface area contributed by atoms with Gasteiger partial charge in [-0.2, -0.15) is 0 Å². The molecule has 6 heteroatoms. The molecule has 0 fully saturated rings. The molecule has 102 valence electrons. The number of rotatable bonds is 9. The van der Waals surface area contributed by atoms with Crippen molar-refractivity contribution in [3.05, 3.63) is 23.8 Å². The highest BCUT2D eigenvalue weighted by Crippen LogP contribution is 2.03. The van der Waals surface area contributed by atoms with E-state index < -0.39 is 11.9 Å². The van der Waals surface area contributed by atoms with Gasteiger partial charge in [-0.1, -0.05) is 6.58 Å². The number of hydrogen-bond donors (Lipinski definition) is 2. The van der Waals surface area contributed by atoms with Gasteiger partial charge in [0.05, 0.1) is 30.5 Å². The van der Waals surface area contributed by atoms with Gasteiger partial charge >= 0.3 is 11.9 Å². The van der Waals surface area contributed by atoms with E-state index in [4.69, 9.17) is 19.7 Å². The lowest BCUT2D eigenvalue weighted by molar-refractivity contribution is -0.133. The number of carbonyl (C=O) groups is 2. The molecule has 6 nitrogen and oxygen atoms in total. The summed E-state index contributed by atoms with van der Waals surface area (Å²) in [6.45, 7) is 6.84. The Kier molecular flexibility index (Phi) is 7.66. The van der Waals surface area contributed by atoms with Gasteiger partial charge in [-0.15, -0.1) is 0 Å². The standard InChI is InChI=1S/C12H18O6/c1-4-18-9(3)5-10(12(15)16)7-17-6-8(2)11(13)14/h5,9H,2,4,6-7H2,1,3H3,(H,13,14)(H,15,16)/b10-5-. The van der Waals surface area contributed by atoms with E-state index in [-0.39, 0.29) is 30.5 Å². The molecule has 0 rings (SSSR count). The number of aliphatic carboxylic acids is 2. The van der Waals surface area contributed by atoms with Crippen molar-refractivity contribution in [1.29, 1.82) is 0 Å². The molecule has 0 spiro atoms. The van der Waals surface area contributed by atoms with Crippen molar-refractivity contribution in [2.24, 2.45) is 0 Å². The monoisotopic (exact) mass is 258 g/mol. The van der Waals surface area contributed by atoms with Crippen LogP contribution < -0.4 is 0 Å². The largest absolute Gasteiger partial charge is 0.478 e. The second kappa shape index (κ2) is 8.43. The lowest BCUT2D eigenvalue weighted by Crippen LogP contribution is -2.15. The smallest absolute Gasteiger partial charge is 0.333 e. The molecule has 0 aliphatic heterocycles. The molecule has 18 heavy (non-hydrogen) atoms. The van der Waals surface area contributed by atoms with E-state index >= 15 is 0 Å². The molecule has 1 unspecified atom stereocenters. The first-order chi connectivity index (χ1) is 8.38. The maximum Gasteiger partial charge on any atom is 0.333 e. The van der Waals surface area contributed by atoms with Gasteiger partial charge in [0.1, 0.15) is 0 Å². The molecule has 0 amide bonds. The van der Waals surface area contributed by atoms with Crippen molar-refractivity contribution in [1.82, 2.24) is 0 Å². The molecule has 1 atom stereocenters. The van der Waals surface area contributed by atoms with E-state index in [9.17, 15) is 9.59 Å². The first-order valence-corrected chi connectivity index (χ1v) is 5.42. The van der Waals surface area contributed by atoms with Gasteiger partial charge in [0.25, 0.3) is 0 Å². The van der Waals surface area contributed by atoms with Gasteiger partial charge in [0, 0.05) is 6.61 Å². The molecule has 2 N–H and O–H groups in total. The fourth-order valence-corrected chi connectivity index (χ4v) is 1.12. The number of hydrogen-bond acceptors (Lipinski definition) is 4. The third kappa shape index (κ3) is 6.82. The van der Waals surface area contributed by atoms with E-state index in [0.29, 0.717) is 6.61 Å². The molecular formula is C12H18O6. The Morgan fingerprint density at radius 1 is 1.28 bits per heavy atom. The minimum atomic E-state index is -1.17. The minimum absolute atomic E-state index is 0.0224. The van der Waals surface area contributed by atoms with E-state index in [1.165, 1.54) is 6.08 Å². The Morgan fingerprint density at radius 3 is 2.33 bits per heavy atom. The van der Waals surface area contributed by atoms with Gasteiger partial charge < -0.3 is 19.7 Å². The lowest BCUT2D eigenvalue weighted by Gasteiger charge is -2.09. The summed E-state index contributed by atoms with van der Waals surface area (Å²) >= 11 is 0. The molecule has 0 radical (unpaired) electrons. The highest BCUT2D eigenvalue weighted by atomic mass is 16.5. The van der Waals surface area contributed by atoms with Crippen LogP contribution in [0.15, 0.2) is 23.8 Å². The first kappa shape index (κ1) is 16.3. The van der Waals surface area contributed by atoms with E-state index in [2.05, 4.69) is 6.58 Å². The van der Waals surface area contributed by atoms with Crippen LogP contribution in [0.25, 0.3) is 0 Å². The zero-order valence-corrected chi connectivity index (χ0v) is 10.5. The van der Waals surface area contributed by atoms with E-state index in [0.717, 1.165) is 0 Å². The van der Waals surface area contributed by atoms with E-state index in [1.807, 2.05) is 0 Å². The fourth-order valence-electron chi connectivity index (χ4n) is 1.12.